The number of likely N-dealkylation sites (N-methyl/N-ethyl adjacent to an activating group) is 2. The van der Waals surface area contributed by atoms with E-state index in [-0.39, 0.29) is 43.2 Å². The molecule has 3 aromatic heterocycles. The Kier molecular flexibility index (Phi) is 16.0. The van der Waals surface area contributed by atoms with E-state index < -0.39 is 53.1 Å². The predicted molar refractivity (Wildman–Crippen MR) is 271 cm³/mol. The molecule has 5 aromatic rings. The van der Waals surface area contributed by atoms with Gasteiger partial charge in [-0.2, -0.15) is 0 Å². The van der Waals surface area contributed by atoms with Gasteiger partial charge in [0.05, 0.1) is 12.3 Å². The molecule has 1 saturated heterocycles. The fraction of sp³-hybridized carbons (Fsp3) is 0.436. The first kappa shape index (κ1) is 51.1. The van der Waals surface area contributed by atoms with Crippen LogP contribution in [0.2, 0.25) is 0 Å². The Morgan fingerprint density at radius 1 is 1.01 bits per heavy atom. The molecule has 0 aliphatic carbocycles. The summed E-state index contributed by atoms with van der Waals surface area (Å²) in [6.45, 7) is 13.8. The second-order valence-corrected chi connectivity index (χ2v) is 20.0. The first-order valence-electron chi connectivity index (χ1n) is 24.4. The van der Waals surface area contributed by atoms with Crippen molar-refractivity contribution in [3.63, 3.8) is 0 Å². The number of nitrogens with one attached hydrogen (secondary N) is 2. The number of amides is 3. The van der Waals surface area contributed by atoms with Crippen molar-refractivity contribution in [2.24, 2.45) is 11.3 Å². The molecule has 7 rings (SSSR count). The highest BCUT2D eigenvalue weighted by Gasteiger charge is 2.38. The number of carbonyl (C=O) groups excluding carboxylic acids is 5. The summed E-state index contributed by atoms with van der Waals surface area (Å²) in [6, 6.07) is 15.8. The Bertz CT molecular complexity index is 2780. The number of hydrazine groups is 1. The molecule has 0 radical (unpaired) electrons. The molecule has 6 bridgehead atoms. The van der Waals surface area contributed by atoms with Crippen LogP contribution >= 0.6 is 0 Å². The molecular weight excluding hydrogens is 885 g/mol. The van der Waals surface area contributed by atoms with Crippen LogP contribution in [0.4, 0.5) is 0 Å². The molecule has 0 spiro atoms. The molecule has 3 amide bonds. The minimum atomic E-state index is -1.18. The summed E-state index contributed by atoms with van der Waals surface area (Å²) < 4.78 is 8.43. The van der Waals surface area contributed by atoms with Gasteiger partial charge in [-0.25, -0.2) is 5.43 Å². The minimum absolute atomic E-state index is 0.0105. The molecule has 370 valence electrons. The zero-order valence-electron chi connectivity index (χ0n) is 42.0. The molecule has 15 heteroatoms. The van der Waals surface area contributed by atoms with Crippen LogP contribution in [0.15, 0.2) is 85.2 Å². The molecule has 2 aliphatic heterocycles. The second kappa shape index (κ2) is 21.9. The van der Waals surface area contributed by atoms with Crippen LogP contribution in [0, 0.1) is 11.3 Å². The molecule has 5 heterocycles. The zero-order valence-corrected chi connectivity index (χ0v) is 42.0. The van der Waals surface area contributed by atoms with Gasteiger partial charge < -0.3 is 29.5 Å². The number of phenols is 1. The smallest absolute Gasteiger partial charge is 0.324 e. The second-order valence-electron chi connectivity index (χ2n) is 20.0. The van der Waals surface area contributed by atoms with Crippen LogP contribution in [0.1, 0.15) is 87.3 Å². The van der Waals surface area contributed by atoms with Crippen LogP contribution in [0.3, 0.4) is 0 Å². The number of aromatic nitrogens is 3. The lowest BCUT2D eigenvalue weighted by Gasteiger charge is -2.36. The Labute approximate surface area is 411 Å². The van der Waals surface area contributed by atoms with E-state index in [0.717, 1.165) is 51.0 Å². The first-order chi connectivity index (χ1) is 33.4. The van der Waals surface area contributed by atoms with Crippen LogP contribution in [-0.4, -0.2) is 123 Å². The largest absolute Gasteiger partial charge is 0.508 e. The van der Waals surface area contributed by atoms with Gasteiger partial charge in [0.25, 0.3) is 11.8 Å². The summed E-state index contributed by atoms with van der Waals surface area (Å²) in [6.07, 6.45) is 9.00. The number of hydrogen-bond acceptors (Lipinski definition) is 11. The quantitative estimate of drug-likeness (QED) is 0.0842. The molecule has 15 nitrogen and oxygen atoms in total. The number of pyridine rings is 2. The van der Waals surface area contributed by atoms with Crippen LogP contribution in [0.25, 0.3) is 33.3 Å². The summed E-state index contributed by atoms with van der Waals surface area (Å²) in [5.74, 6) is -2.54. The Hall–Kier alpha value is -6.71. The van der Waals surface area contributed by atoms with E-state index >= 15 is 0 Å². The number of hydrogen-bond donors (Lipinski definition) is 3. The number of rotatable bonds is 13. The van der Waals surface area contributed by atoms with Crippen molar-refractivity contribution in [3.8, 4) is 28.1 Å². The van der Waals surface area contributed by atoms with Gasteiger partial charge in [0, 0.05) is 79.5 Å². The Morgan fingerprint density at radius 3 is 2.50 bits per heavy atom. The fourth-order valence-electron chi connectivity index (χ4n) is 9.75. The minimum Gasteiger partial charge on any atom is -0.508 e. The predicted octanol–water partition coefficient (Wildman–Crippen LogP) is 6.73. The van der Waals surface area contributed by atoms with Crippen LogP contribution in [-0.2, 0) is 56.1 Å². The van der Waals surface area contributed by atoms with Crippen molar-refractivity contribution in [2.75, 3.05) is 40.8 Å². The number of aryl methyl sites for hydroxylation is 2. The molecule has 2 aromatic carbocycles. The van der Waals surface area contributed by atoms with Crippen LogP contribution in [0.5, 0.6) is 5.75 Å². The maximum atomic E-state index is 14.8. The molecular formula is C55H68N8O7. The van der Waals surface area contributed by atoms with E-state index in [1.54, 1.807) is 30.3 Å². The third-order valence-corrected chi connectivity index (χ3v) is 13.2. The molecule has 3 N–H and O–H groups in total. The van der Waals surface area contributed by atoms with E-state index in [1.807, 2.05) is 57.2 Å². The number of nitrogens with zero attached hydrogens (tertiary/aromatic N) is 6. The number of phenolic OH excluding ortho intramolecular Hbond substituents is 1. The van der Waals surface area contributed by atoms with Crippen molar-refractivity contribution in [1.82, 2.24) is 40.1 Å². The maximum absolute atomic E-state index is 14.8. The topological polar surface area (TPSA) is 179 Å². The third-order valence-electron chi connectivity index (χ3n) is 13.2. The van der Waals surface area contributed by atoms with Gasteiger partial charge in [-0.15, -0.1) is 0 Å². The normalized spacial score (nSPS) is 18.0. The van der Waals surface area contributed by atoms with E-state index in [4.69, 9.17) is 9.72 Å². The van der Waals surface area contributed by atoms with E-state index in [1.165, 1.54) is 29.2 Å². The summed E-state index contributed by atoms with van der Waals surface area (Å²) in [5, 5.41) is 16.7. The van der Waals surface area contributed by atoms with Gasteiger partial charge in [-0.1, -0.05) is 58.9 Å². The fourth-order valence-corrected chi connectivity index (χ4v) is 9.75. The van der Waals surface area contributed by atoms with Gasteiger partial charge in [-0.05, 0) is 129 Å². The number of cyclic esters (lactones) is 1. The SMILES string of the molecule is CCc1ncccc1-c1c2c3cc(ccc3n1CC)-c1cc(O)cc(c1)C[C@H](NC(=O)[C@H](C(C)C)N(C)C(=O)c1ccc(CC(=O)/C=C/CN(C)C)cn1)C(=O)N1CCC[C@H](N1)C(=O)OCC(C)(C)C2. The summed E-state index contributed by atoms with van der Waals surface area (Å²) in [4.78, 5) is 82.2. The number of fused-ring (bicyclic) bond motifs is 6. The summed E-state index contributed by atoms with van der Waals surface area (Å²) in [5.41, 5.74) is 10.7. The number of benzene rings is 2. The monoisotopic (exact) mass is 953 g/mol. The Morgan fingerprint density at radius 2 is 1.80 bits per heavy atom. The number of ether oxygens (including phenoxy) is 1. The first-order valence-corrected chi connectivity index (χ1v) is 24.4. The van der Waals surface area contributed by atoms with Crippen molar-refractivity contribution in [3.05, 3.63) is 113 Å². The number of esters is 1. The van der Waals surface area contributed by atoms with Gasteiger partial charge in [0.2, 0.25) is 5.91 Å². The lowest BCUT2D eigenvalue weighted by molar-refractivity contribution is -0.155. The van der Waals surface area contributed by atoms with Crippen molar-refractivity contribution in [1.29, 1.82) is 0 Å². The lowest BCUT2D eigenvalue weighted by Crippen LogP contribution is -2.62. The Balaban J connectivity index is 1.24. The molecule has 0 saturated carbocycles. The number of allylic oxidation sites excluding steroid dienone is 1. The van der Waals surface area contributed by atoms with Gasteiger partial charge in [0.1, 0.15) is 29.6 Å². The van der Waals surface area contributed by atoms with E-state index in [2.05, 4.69) is 66.2 Å². The number of carbonyl (C=O) groups is 5. The standard InChI is InChI=1S/C55H68N8O7/c1-10-44-41(16-12-22-56-44)50-43-31-55(5,6)33-70-54(69)46-17-14-24-63(59-46)53(68)47(28-36-25-38(29-40(65)27-36)37-19-21-48(42(43)30-37)62(50)11-2)58-51(66)49(34(3)4)61(9)52(67)45-20-18-35(32-57-45)26-39(64)15-13-23-60(7)8/h12-13,15-16,18-22,25,27,29-30,32,34,46-47,49,59,65H,10-11,14,17,23-24,26,28,31,33H2,1-9H3,(H,58,66)/b15-13+/t46-,47-,49-/m0/s1. The van der Waals surface area contributed by atoms with Crippen LogP contribution < -0.4 is 10.7 Å². The highest BCUT2D eigenvalue weighted by Crippen LogP contribution is 2.41. The highest BCUT2D eigenvalue weighted by atomic mass is 16.5. The molecule has 1 fully saturated rings. The number of aromatic hydroxyl groups is 1. The maximum Gasteiger partial charge on any atom is 0.324 e. The molecule has 3 atom stereocenters. The molecule has 70 heavy (non-hydrogen) atoms. The highest BCUT2D eigenvalue weighted by molar-refractivity contribution is 5.98. The summed E-state index contributed by atoms with van der Waals surface area (Å²) >= 11 is 0. The molecule has 2 aliphatic rings. The lowest BCUT2D eigenvalue weighted by atomic mass is 9.84. The average molecular weight is 953 g/mol. The third kappa shape index (κ3) is 11.6. The summed E-state index contributed by atoms with van der Waals surface area (Å²) in [7, 11) is 5.35. The average Bonchev–Trinajstić information content (AvgIpc) is 3.63. The van der Waals surface area contributed by atoms with Crippen molar-refractivity contribution in [2.45, 2.75) is 105 Å². The van der Waals surface area contributed by atoms with Gasteiger partial charge in [0.15, 0.2) is 5.78 Å². The zero-order chi connectivity index (χ0) is 50.4. The van der Waals surface area contributed by atoms with Gasteiger partial charge in [-0.3, -0.25) is 38.9 Å². The van der Waals surface area contributed by atoms with Crippen molar-refractivity contribution < 1.29 is 33.8 Å². The van der Waals surface area contributed by atoms with E-state index in [0.29, 0.717) is 43.5 Å². The molecule has 0 unspecified atom stereocenters. The van der Waals surface area contributed by atoms with Crippen molar-refractivity contribution >= 4 is 40.4 Å². The number of ketones is 1. The van der Waals surface area contributed by atoms with Gasteiger partial charge >= 0.3 is 5.97 Å². The van der Waals surface area contributed by atoms with E-state index in [9.17, 15) is 29.1 Å².